The average molecular weight is 272 g/mol. The Kier molecular flexibility index (Phi) is 2.63. The highest BCUT2D eigenvalue weighted by atomic mass is 79.9. The van der Waals surface area contributed by atoms with Gasteiger partial charge >= 0.3 is 0 Å². The summed E-state index contributed by atoms with van der Waals surface area (Å²) in [6, 6.07) is 1.83. The first-order valence-electron chi connectivity index (χ1n) is 5.17. The van der Waals surface area contributed by atoms with Gasteiger partial charge in [-0.25, -0.2) is 4.39 Å². The Bertz CT molecular complexity index is 384. The van der Waals surface area contributed by atoms with Crippen LogP contribution >= 0.6 is 15.9 Å². The van der Waals surface area contributed by atoms with Crippen LogP contribution in [0.15, 0.2) is 10.5 Å². The molecule has 0 atom stereocenters. The zero-order valence-electron chi connectivity index (χ0n) is 9.03. The van der Waals surface area contributed by atoms with Gasteiger partial charge in [0.2, 0.25) is 0 Å². The average Bonchev–Trinajstić information content (AvgIpc) is 2.96. The number of nitrogens with two attached hydrogens (primary N) is 1. The van der Waals surface area contributed by atoms with Crippen LogP contribution in [0.5, 0.6) is 0 Å². The number of hydrogen-bond donors (Lipinski definition) is 1. The molecule has 1 nitrogen and oxygen atoms in total. The number of rotatable bonds is 2. The molecule has 1 aromatic carbocycles. The van der Waals surface area contributed by atoms with E-state index in [0.29, 0.717) is 11.0 Å². The minimum atomic E-state index is -0.124. The Morgan fingerprint density at radius 2 is 2.07 bits per heavy atom. The fourth-order valence-electron chi connectivity index (χ4n) is 2.18. The Hall–Kier alpha value is -0.410. The summed E-state index contributed by atoms with van der Waals surface area (Å²) in [4.78, 5) is 0. The van der Waals surface area contributed by atoms with Crippen molar-refractivity contribution in [3.63, 3.8) is 0 Å². The van der Waals surface area contributed by atoms with Crippen molar-refractivity contribution in [2.75, 3.05) is 6.54 Å². The molecule has 0 unspecified atom stereocenters. The summed E-state index contributed by atoms with van der Waals surface area (Å²) in [5.41, 5.74) is 8.68. The van der Waals surface area contributed by atoms with Crippen LogP contribution in [0, 0.1) is 19.7 Å². The van der Waals surface area contributed by atoms with E-state index in [1.54, 1.807) is 0 Å². The molecule has 82 valence electrons. The van der Waals surface area contributed by atoms with Gasteiger partial charge in [0.25, 0.3) is 0 Å². The lowest BCUT2D eigenvalue weighted by molar-refractivity contribution is 0.563. The van der Waals surface area contributed by atoms with E-state index in [1.807, 2.05) is 19.9 Å². The van der Waals surface area contributed by atoms with Crippen molar-refractivity contribution in [2.24, 2.45) is 5.73 Å². The summed E-state index contributed by atoms with van der Waals surface area (Å²) >= 11 is 3.26. The smallest absolute Gasteiger partial charge is 0.141 e. The van der Waals surface area contributed by atoms with Crippen LogP contribution in [0.2, 0.25) is 0 Å². The first kappa shape index (κ1) is 11.1. The van der Waals surface area contributed by atoms with Gasteiger partial charge in [0.1, 0.15) is 5.82 Å². The molecule has 0 saturated heterocycles. The Labute approximate surface area is 98.0 Å². The molecule has 0 radical (unpaired) electrons. The third-order valence-corrected chi connectivity index (χ3v) is 4.09. The summed E-state index contributed by atoms with van der Waals surface area (Å²) in [7, 11) is 0. The molecule has 15 heavy (non-hydrogen) atoms. The van der Waals surface area contributed by atoms with E-state index in [9.17, 15) is 4.39 Å². The molecule has 0 spiro atoms. The van der Waals surface area contributed by atoms with Crippen molar-refractivity contribution in [3.8, 4) is 0 Å². The summed E-state index contributed by atoms with van der Waals surface area (Å²) in [5.74, 6) is -0.124. The van der Waals surface area contributed by atoms with Gasteiger partial charge in [0.15, 0.2) is 0 Å². The summed E-state index contributed by atoms with van der Waals surface area (Å²) in [6.07, 6.45) is 2.02. The monoisotopic (exact) mass is 271 g/mol. The van der Waals surface area contributed by atoms with Crippen LogP contribution in [-0.2, 0) is 5.41 Å². The van der Waals surface area contributed by atoms with Crippen molar-refractivity contribution in [1.29, 1.82) is 0 Å². The van der Waals surface area contributed by atoms with Crippen molar-refractivity contribution in [2.45, 2.75) is 32.1 Å². The third-order valence-electron chi connectivity index (χ3n) is 3.51. The predicted molar refractivity (Wildman–Crippen MR) is 63.5 cm³/mol. The second-order valence-corrected chi connectivity index (χ2v) is 5.33. The molecular weight excluding hydrogens is 257 g/mol. The van der Waals surface area contributed by atoms with E-state index >= 15 is 0 Å². The van der Waals surface area contributed by atoms with Crippen molar-refractivity contribution >= 4 is 15.9 Å². The van der Waals surface area contributed by atoms with Gasteiger partial charge in [-0.1, -0.05) is 0 Å². The Balaban J connectivity index is 2.64. The lowest BCUT2D eigenvalue weighted by atomic mass is 9.89. The maximum absolute atomic E-state index is 14.1. The normalized spacial score (nSPS) is 17.9. The SMILES string of the molecule is Cc1cc(Br)c(F)c(C2(CN)CC2)c1C. The van der Waals surface area contributed by atoms with E-state index in [1.165, 1.54) is 0 Å². The van der Waals surface area contributed by atoms with Gasteiger partial charge < -0.3 is 5.73 Å². The molecular formula is C12H15BrFN. The fraction of sp³-hybridized carbons (Fsp3) is 0.500. The van der Waals surface area contributed by atoms with Crippen LogP contribution in [0.4, 0.5) is 4.39 Å². The largest absolute Gasteiger partial charge is 0.330 e. The van der Waals surface area contributed by atoms with Crippen molar-refractivity contribution < 1.29 is 4.39 Å². The summed E-state index contributed by atoms with van der Waals surface area (Å²) in [6.45, 7) is 4.53. The maximum Gasteiger partial charge on any atom is 0.141 e. The molecule has 1 saturated carbocycles. The van der Waals surface area contributed by atoms with Gasteiger partial charge in [-0.05, 0) is 65.4 Å². The first-order valence-corrected chi connectivity index (χ1v) is 5.97. The molecule has 1 aromatic rings. The van der Waals surface area contributed by atoms with Crippen LogP contribution < -0.4 is 5.73 Å². The Morgan fingerprint density at radius 1 is 1.47 bits per heavy atom. The lowest BCUT2D eigenvalue weighted by Crippen LogP contribution is -2.23. The van der Waals surface area contributed by atoms with Gasteiger partial charge in [-0.2, -0.15) is 0 Å². The molecule has 0 aromatic heterocycles. The van der Waals surface area contributed by atoms with E-state index in [2.05, 4.69) is 15.9 Å². The highest BCUT2D eigenvalue weighted by Crippen LogP contribution is 2.50. The first-order chi connectivity index (χ1) is 7.02. The van der Waals surface area contributed by atoms with E-state index in [-0.39, 0.29) is 11.2 Å². The van der Waals surface area contributed by atoms with Crippen molar-refractivity contribution in [3.05, 3.63) is 33.0 Å². The number of aryl methyl sites for hydroxylation is 1. The van der Waals surface area contributed by atoms with Crippen LogP contribution in [0.25, 0.3) is 0 Å². The quantitative estimate of drug-likeness (QED) is 0.879. The molecule has 0 bridgehead atoms. The molecule has 1 fully saturated rings. The molecule has 3 heteroatoms. The number of halogens is 2. The molecule has 1 aliphatic carbocycles. The third kappa shape index (κ3) is 1.62. The van der Waals surface area contributed by atoms with E-state index < -0.39 is 0 Å². The molecule has 2 rings (SSSR count). The fourth-order valence-corrected chi connectivity index (χ4v) is 2.72. The zero-order chi connectivity index (χ0) is 11.2. The van der Waals surface area contributed by atoms with Gasteiger partial charge in [0, 0.05) is 12.0 Å². The van der Waals surface area contributed by atoms with Crippen LogP contribution in [0.3, 0.4) is 0 Å². The van der Waals surface area contributed by atoms with Gasteiger partial charge in [-0.15, -0.1) is 0 Å². The number of benzene rings is 1. The second kappa shape index (κ2) is 3.56. The van der Waals surface area contributed by atoms with Gasteiger partial charge in [0.05, 0.1) is 4.47 Å². The standard InChI is InChI=1S/C12H15BrFN/c1-7-5-9(13)11(14)10(8(7)2)12(6-15)3-4-12/h5H,3-4,6,15H2,1-2H3. The predicted octanol–water partition coefficient (Wildman–Crippen LogP) is 3.20. The Morgan fingerprint density at radius 3 is 2.53 bits per heavy atom. The number of hydrogen-bond acceptors (Lipinski definition) is 1. The minimum absolute atomic E-state index is 0.0806. The molecule has 1 aliphatic rings. The van der Waals surface area contributed by atoms with Crippen molar-refractivity contribution in [1.82, 2.24) is 0 Å². The van der Waals surface area contributed by atoms with E-state index in [4.69, 9.17) is 5.73 Å². The van der Waals surface area contributed by atoms with Crippen LogP contribution in [0.1, 0.15) is 29.5 Å². The maximum atomic E-state index is 14.1. The summed E-state index contributed by atoms with van der Waals surface area (Å²) < 4.78 is 14.6. The summed E-state index contributed by atoms with van der Waals surface area (Å²) in [5, 5.41) is 0. The molecule has 0 aliphatic heterocycles. The minimum Gasteiger partial charge on any atom is -0.330 e. The molecule has 2 N–H and O–H groups in total. The highest BCUT2D eigenvalue weighted by molar-refractivity contribution is 9.10. The lowest BCUT2D eigenvalue weighted by Gasteiger charge is -2.19. The highest BCUT2D eigenvalue weighted by Gasteiger charge is 2.46. The van der Waals surface area contributed by atoms with Crippen LogP contribution in [-0.4, -0.2) is 6.54 Å². The topological polar surface area (TPSA) is 26.0 Å². The second-order valence-electron chi connectivity index (χ2n) is 4.47. The molecule has 0 heterocycles. The molecule has 0 amide bonds. The van der Waals surface area contributed by atoms with E-state index in [0.717, 1.165) is 29.5 Å². The zero-order valence-corrected chi connectivity index (χ0v) is 10.6. The van der Waals surface area contributed by atoms with Gasteiger partial charge in [-0.3, -0.25) is 0 Å².